The van der Waals surface area contributed by atoms with Gasteiger partial charge in [-0.1, -0.05) is 43.3 Å². The number of carbonyl (C=O) groups excluding carboxylic acids is 1. The monoisotopic (exact) mass is 463 g/mol. The minimum absolute atomic E-state index is 0.0213. The smallest absolute Gasteiger partial charge is 0.236 e. The van der Waals surface area contributed by atoms with Gasteiger partial charge in [0.25, 0.3) is 0 Å². The second-order valence-electron chi connectivity index (χ2n) is 9.95. The number of benzene rings is 3. The molecule has 1 saturated heterocycles. The third-order valence-electron chi connectivity index (χ3n) is 7.68. The SMILES string of the molecule is CN1C(=N)C[C@](C)(c2cc3c(ccc4ccc(C#N)cc43)s2)[C@@H](c2ccc(C3CC3)cc2)C1=O. The summed E-state index contributed by atoms with van der Waals surface area (Å²) in [6, 6.07) is 23.1. The second-order valence-corrected chi connectivity index (χ2v) is 11.0. The number of fused-ring (bicyclic) bond motifs is 3. The first-order chi connectivity index (χ1) is 16.4. The highest BCUT2D eigenvalue weighted by Gasteiger charge is 2.49. The Morgan fingerprint density at radius 3 is 2.44 bits per heavy atom. The van der Waals surface area contributed by atoms with Crippen molar-refractivity contribution in [3.63, 3.8) is 0 Å². The van der Waals surface area contributed by atoms with Gasteiger partial charge in [-0.05, 0) is 64.9 Å². The molecule has 4 nitrogen and oxygen atoms in total. The maximum absolute atomic E-state index is 13.6. The number of amides is 1. The number of likely N-dealkylation sites (N-methyl/N-ethyl adjacent to an activating group) is 1. The summed E-state index contributed by atoms with van der Waals surface area (Å²) in [5.41, 5.74) is 2.50. The van der Waals surface area contributed by atoms with E-state index in [4.69, 9.17) is 5.41 Å². The zero-order chi connectivity index (χ0) is 23.6. The molecule has 0 radical (unpaired) electrons. The van der Waals surface area contributed by atoms with Crippen molar-refractivity contribution in [3.05, 3.63) is 82.2 Å². The lowest BCUT2D eigenvalue weighted by Crippen LogP contribution is -2.51. The van der Waals surface area contributed by atoms with Crippen LogP contribution in [0.4, 0.5) is 0 Å². The van der Waals surface area contributed by atoms with E-state index in [1.165, 1.54) is 23.3 Å². The third-order valence-corrected chi connectivity index (χ3v) is 9.06. The number of rotatable bonds is 3. The number of piperidine rings is 1. The molecule has 1 aliphatic carbocycles. The fraction of sp³-hybridized carbons (Fsp3) is 0.276. The zero-order valence-electron chi connectivity index (χ0n) is 19.3. The van der Waals surface area contributed by atoms with Crippen LogP contribution >= 0.6 is 11.3 Å². The van der Waals surface area contributed by atoms with Crippen LogP contribution in [0.3, 0.4) is 0 Å². The summed E-state index contributed by atoms with van der Waals surface area (Å²) in [5.74, 6) is 0.654. The van der Waals surface area contributed by atoms with Gasteiger partial charge >= 0.3 is 0 Å². The standard InChI is InChI=1S/C29H25N3OS/c1-29(25-14-23-22-13-17(16-30)3-4-20(22)11-12-24(23)34-25)15-26(31)32(2)28(33)27(29)21-9-7-19(8-10-21)18-5-6-18/h3-4,7-14,18,27,31H,5-6,15H2,1-2H3/t27-,29+/m0/s1. The predicted octanol–water partition coefficient (Wildman–Crippen LogP) is 6.68. The maximum atomic E-state index is 13.6. The van der Waals surface area contributed by atoms with E-state index in [2.05, 4.69) is 55.5 Å². The molecule has 1 aromatic heterocycles. The summed E-state index contributed by atoms with van der Waals surface area (Å²) in [5, 5.41) is 21.2. The first kappa shape index (κ1) is 21.1. The molecule has 1 aliphatic heterocycles. The van der Waals surface area contributed by atoms with Crippen LogP contribution in [0, 0.1) is 16.7 Å². The van der Waals surface area contributed by atoms with Crippen LogP contribution in [0.15, 0.2) is 60.7 Å². The molecule has 2 fully saturated rings. The van der Waals surface area contributed by atoms with Gasteiger partial charge in [0.1, 0.15) is 5.84 Å². The molecule has 34 heavy (non-hydrogen) atoms. The Labute approximate surface area is 202 Å². The number of nitrogens with one attached hydrogen (secondary N) is 1. The number of likely N-dealkylation sites (tertiary alicyclic amines) is 1. The van der Waals surface area contributed by atoms with Gasteiger partial charge in [0.2, 0.25) is 5.91 Å². The van der Waals surface area contributed by atoms with Crippen molar-refractivity contribution < 1.29 is 4.79 Å². The molecule has 0 bridgehead atoms. The number of hydrogen-bond acceptors (Lipinski definition) is 4. The highest BCUT2D eigenvalue weighted by atomic mass is 32.1. The third kappa shape index (κ3) is 3.17. The Balaban J connectivity index is 1.52. The lowest BCUT2D eigenvalue weighted by atomic mass is 9.67. The van der Waals surface area contributed by atoms with Crippen LogP contribution in [0.25, 0.3) is 20.9 Å². The summed E-state index contributed by atoms with van der Waals surface area (Å²) < 4.78 is 1.14. The topological polar surface area (TPSA) is 68.0 Å². The van der Waals surface area contributed by atoms with E-state index < -0.39 is 5.41 Å². The van der Waals surface area contributed by atoms with Crippen LogP contribution in [0.1, 0.15) is 59.6 Å². The molecule has 3 aromatic carbocycles. The van der Waals surface area contributed by atoms with Gasteiger partial charge in [-0.25, -0.2) is 0 Å². The Hall–Kier alpha value is -3.49. The summed E-state index contributed by atoms with van der Waals surface area (Å²) >= 11 is 1.70. The van der Waals surface area contributed by atoms with E-state index >= 15 is 0 Å². The van der Waals surface area contributed by atoms with Crippen LogP contribution in [-0.4, -0.2) is 23.7 Å². The van der Waals surface area contributed by atoms with Crippen molar-refractivity contribution in [3.8, 4) is 6.07 Å². The summed E-state index contributed by atoms with van der Waals surface area (Å²) in [4.78, 5) is 16.2. The Morgan fingerprint density at radius 1 is 1.03 bits per heavy atom. The largest absolute Gasteiger partial charge is 0.303 e. The van der Waals surface area contributed by atoms with Crippen LogP contribution in [0.2, 0.25) is 0 Å². The van der Waals surface area contributed by atoms with Crippen molar-refractivity contribution in [1.29, 1.82) is 10.7 Å². The van der Waals surface area contributed by atoms with Crippen molar-refractivity contribution in [2.75, 3.05) is 7.05 Å². The van der Waals surface area contributed by atoms with E-state index in [0.29, 0.717) is 23.7 Å². The zero-order valence-corrected chi connectivity index (χ0v) is 20.1. The molecule has 0 unspecified atom stereocenters. The first-order valence-corrected chi connectivity index (χ1v) is 12.5. The van der Waals surface area contributed by atoms with Crippen molar-refractivity contribution in [1.82, 2.24) is 4.90 Å². The lowest BCUT2D eigenvalue weighted by molar-refractivity contribution is -0.131. The molecule has 6 rings (SSSR count). The summed E-state index contributed by atoms with van der Waals surface area (Å²) in [6.45, 7) is 2.14. The Morgan fingerprint density at radius 2 is 1.74 bits per heavy atom. The Bertz CT molecular complexity index is 1520. The van der Waals surface area contributed by atoms with Crippen LogP contribution < -0.4 is 0 Å². The van der Waals surface area contributed by atoms with Gasteiger partial charge in [-0.3, -0.25) is 10.2 Å². The van der Waals surface area contributed by atoms with Gasteiger partial charge in [0.05, 0.1) is 17.6 Å². The van der Waals surface area contributed by atoms with Crippen molar-refractivity contribution >= 4 is 43.9 Å². The highest BCUT2D eigenvalue weighted by molar-refractivity contribution is 7.19. The van der Waals surface area contributed by atoms with Gasteiger partial charge < -0.3 is 4.90 Å². The van der Waals surface area contributed by atoms with E-state index in [9.17, 15) is 10.1 Å². The van der Waals surface area contributed by atoms with Gasteiger partial charge in [-0.15, -0.1) is 11.3 Å². The molecule has 0 spiro atoms. The number of carbonyl (C=O) groups is 1. The predicted molar refractivity (Wildman–Crippen MR) is 138 cm³/mol. The normalized spacial score (nSPS) is 23.0. The molecule has 2 atom stereocenters. The number of hydrogen-bond donors (Lipinski definition) is 1. The van der Waals surface area contributed by atoms with E-state index in [-0.39, 0.29) is 11.8 Å². The summed E-state index contributed by atoms with van der Waals surface area (Å²) in [7, 11) is 1.72. The number of amidine groups is 1. The van der Waals surface area contributed by atoms with Crippen LogP contribution in [0.5, 0.6) is 0 Å². The molecule has 4 aromatic rings. The fourth-order valence-electron chi connectivity index (χ4n) is 5.48. The van der Waals surface area contributed by atoms with Crippen LogP contribution in [-0.2, 0) is 10.2 Å². The highest BCUT2D eigenvalue weighted by Crippen LogP contribution is 2.50. The molecule has 2 aliphatic rings. The van der Waals surface area contributed by atoms with E-state index in [1.807, 2.05) is 18.2 Å². The van der Waals surface area contributed by atoms with Gasteiger partial charge in [0.15, 0.2) is 0 Å². The summed E-state index contributed by atoms with van der Waals surface area (Å²) in [6.07, 6.45) is 3.00. The minimum Gasteiger partial charge on any atom is -0.303 e. The maximum Gasteiger partial charge on any atom is 0.236 e. The van der Waals surface area contributed by atoms with Gasteiger partial charge in [0, 0.05) is 33.8 Å². The van der Waals surface area contributed by atoms with Crippen molar-refractivity contribution in [2.45, 2.75) is 43.4 Å². The fourth-order valence-corrected chi connectivity index (χ4v) is 6.73. The average Bonchev–Trinajstić information content (AvgIpc) is 3.60. The number of nitrogens with zero attached hydrogens (tertiary/aromatic N) is 2. The molecular weight excluding hydrogens is 438 g/mol. The van der Waals surface area contributed by atoms with E-state index in [0.717, 1.165) is 31.3 Å². The molecular formula is C29H25N3OS. The molecule has 1 N–H and O–H groups in total. The number of nitriles is 1. The molecule has 1 saturated carbocycles. The molecule has 1 amide bonds. The quantitative estimate of drug-likeness (QED) is 0.368. The minimum atomic E-state index is -0.523. The first-order valence-electron chi connectivity index (χ1n) is 11.7. The molecule has 5 heteroatoms. The Kier molecular flexibility index (Phi) is 4.65. The number of thiophene rings is 1. The van der Waals surface area contributed by atoms with Crippen molar-refractivity contribution in [2.24, 2.45) is 0 Å². The lowest BCUT2D eigenvalue weighted by Gasteiger charge is -2.44. The second kappa shape index (κ2) is 7.51. The van der Waals surface area contributed by atoms with Gasteiger partial charge in [-0.2, -0.15) is 5.26 Å². The molecule has 168 valence electrons. The van der Waals surface area contributed by atoms with E-state index in [1.54, 1.807) is 18.4 Å². The molecule has 2 heterocycles. The average molecular weight is 464 g/mol.